The van der Waals surface area contributed by atoms with Gasteiger partial charge in [0.05, 0.1) is 11.2 Å². The van der Waals surface area contributed by atoms with Gasteiger partial charge in [0.2, 0.25) is 0 Å². The molecule has 106 valence electrons. The predicted molar refractivity (Wildman–Crippen MR) is 90.9 cm³/mol. The first-order valence-electron chi connectivity index (χ1n) is 7.42. The lowest BCUT2D eigenvalue weighted by molar-refractivity contribution is 1.26. The van der Waals surface area contributed by atoms with Gasteiger partial charge >= 0.3 is 0 Å². The first kappa shape index (κ1) is 13.8. The molecule has 3 rings (SSSR count). The zero-order valence-electron chi connectivity index (χ0n) is 13.4. The molecule has 21 heavy (non-hydrogen) atoms. The maximum Gasteiger partial charge on any atom is 0.0741 e. The van der Waals surface area contributed by atoms with Crippen molar-refractivity contribution in [2.45, 2.75) is 34.6 Å². The minimum absolute atomic E-state index is 1.07. The maximum atomic E-state index is 4.92. The summed E-state index contributed by atoms with van der Waals surface area (Å²) in [5, 5.41) is 1.22. The number of pyridine rings is 1. The minimum atomic E-state index is 1.07. The highest BCUT2D eigenvalue weighted by Gasteiger charge is 2.10. The molecule has 0 radical (unpaired) electrons. The van der Waals surface area contributed by atoms with E-state index < -0.39 is 0 Å². The van der Waals surface area contributed by atoms with Gasteiger partial charge in [-0.2, -0.15) is 0 Å². The molecule has 0 bridgehead atoms. The lowest BCUT2D eigenvalue weighted by atomic mass is 9.95. The van der Waals surface area contributed by atoms with E-state index in [0.29, 0.717) is 0 Å². The summed E-state index contributed by atoms with van der Waals surface area (Å²) >= 11 is 0. The van der Waals surface area contributed by atoms with E-state index in [-0.39, 0.29) is 0 Å². The lowest BCUT2D eigenvalue weighted by Crippen LogP contribution is -1.95. The molecule has 0 amide bonds. The summed E-state index contributed by atoms with van der Waals surface area (Å²) in [6, 6.07) is 13.2. The standard InChI is InChI=1S/C20H21N/c1-12-6-7-19-17(8-12)10-16(5)20(21-19)18-11-14(3)13(2)9-15(18)4/h6-11H,1-5H3. The fraction of sp³-hybridized carbons (Fsp3) is 0.250. The molecule has 0 fully saturated rings. The highest BCUT2D eigenvalue weighted by atomic mass is 14.7. The monoisotopic (exact) mass is 275 g/mol. The van der Waals surface area contributed by atoms with E-state index >= 15 is 0 Å². The third kappa shape index (κ3) is 2.44. The van der Waals surface area contributed by atoms with Crippen LogP contribution in [0.3, 0.4) is 0 Å². The van der Waals surface area contributed by atoms with E-state index in [1.165, 1.54) is 38.8 Å². The number of benzene rings is 2. The Morgan fingerprint density at radius 2 is 1.38 bits per heavy atom. The fourth-order valence-corrected chi connectivity index (χ4v) is 2.89. The maximum absolute atomic E-state index is 4.92. The first-order chi connectivity index (χ1) is 9.95. The molecule has 0 aliphatic rings. The Morgan fingerprint density at radius 3 is 2.14 bits per heavy atom. The van der Waals surface area contributed by atoms with Crippen molar-refractivity contribution in [3.8, 4) is 11.3 Å². The minimum Gasteiger partial charge on any atom is -0.248 e. The quantitative estimate of drug-likeness (QED) is 0.576. The van der Waals surface area contributed by atoms with Crippen molar-refractivity contribution in [1.82, 2.24) is 4.98 Å². The van der Waals surface area contributed by atoms with Crippen LogP contribution < -0.4 is 0 Å². The summed E-state index contributed by atoms with van der Waals surface area (Å²) in [6.07, 6.45) is 0. The molecule has 0 saturated carbocycles. The summed E-state index contributed by atoms with van der Waals surface area (Å²) in [7, 11) is 0. The second-order valence-electron chi connectivity index (χ2n) is 6.10. The van der Waals surface area contributed by atoms with Gasteiger partial charge in [-0.25, -0.2) is 4.98 Å². The number of fused-ring (bicyclic) bond motifs is 1. The lowest BCUT2D eigenvalue weighted by Gasteiger charge is -2.13. The van der Waals surface area contributed by atoms with Crippen LogP contribution in [0.2, 0.25) is 0 Å². The summed E-state index contributed by atoms with van der Waals surface area (Å²) in [6.45, 7) is 10.8. The van der Waals surface area contributed by atoms with Gasteiger partial charge in [-0.15, -0.1) is 0 Å². The van der Waals surface area contributed by atoms with Crippen molar-refractivity contribution < 1.29 is 0 Å². The van der Waals surface area contributed by atoms with Crippen LogP contribution in [0.15, 0.2) is 36.4 Å². The van der Waals surface area contributed by atoms with Crippen LogP contribution in [0.4, 0.5) is 0 Å². The third-order valence-electron chi connectivity index (χ3n) is 4.26. The van der Waals surface area contributed by atoms with Gasteiger partial charge in [-0.05, 0) is 81.1 Å². The molecule has 3 aromatic rings. The largest absolute Gasteiger partial charge is 0.248 e. The Bertz CT molecular complexity index is 844. The van der Waals surface area contributed by atoms with E-state index in [1.54, 1.807) is 0 Å². The summed E-state index contributed by atoms with van der Waals surface area (Å²) < 4.78 is 0. The average Bonchev–Trinajstić information content (AvgIpc) is 2.42. The molecule has 0 spiro atoms. The van der Waals surface area contributed by atoms with E-state index in [4.69, 9.17) is 4.98 Å². The number of aromatic nitrogens is 1. The van der Waals surface area contributed by atoms with Gasteiger partial charge in [0.15, 0.2) is 0 Å². The second-order valence-corrected chi connectivity index (χ2v) is 6.10. The van der Waals surface area contributed by atoms with Crippen LogP contribution in [0.1, 0.15) is 27.8 Å². The average molecular weight is 275 g/mol. The third-order valence-corrected chi connectivity index (χ3v) is 4.26. The van der Waals surface area contributed by atoms with Crippen molar-refractivity contribution in [3.05, 3.63) is 64.2 Å². The van der Waals surface area contributed by atoms with Crippen molar-refractivity contribution in [2.75, 3.05) is 0 Å². The molecular formula is C20H21N. The van der Waals surface area contributed by atoms with Crippen LogP contribution >= 0.6 is 0 Å². The van der Waals surface area contributed by atoms with E-state index in [1.807, 2.05) is 0 Å². The molecule has 0 atom stereocenters. The SMILES string of the molecule is Cc1ccc2nc(-c3cc(C)c(C)cc3C)c(C)cc2c1. The van der Waals surface area contributed by atoms with Crippen molar-refractivity contribution in [2.24, 2.45) is 0 Å². The van der Waals surface area contributed by atoms with Crippen molar-refractivity contribution in [1.29, 1.82) is 0 Å². The normalized spacial score (nSPS) is 11.1. The van der Waals surface area contributed by atoms with Crippen LogP contribution in [0, 0.1) is 34.6 Å². The second kappa shape index (κ2) is 5.00. The molecule has 0 saturated heterocycles. The molecule has 1 nitrogen and oxygen atoms in total. The van der Waals surface area contributed by atoms with Crippen molar-refractivity contribution in [3.63, 3.8) is 0 Å². The number of aryl methyl sites for hydroxylation is 5. The van der Waals surface area contributed by atoms with Gasteiger partial charge in [0, 0.05) is 10.9 Å². The zero-order chi connectivity index (χ0) is 15.1. The first-order valence-corrected chi connectivity index (χ1v) is 7.42. The van der Waals surface area contributed by atoms with E-state index in [2.05, 4.69) is 71.0 Å². The molecule has 1 heteroatoms. The smallest absolute Gasteiger partial charge is 0.0741 e. The fourth-order valence-electron chi connectivity index (χ4n) is 2.89. The Labute approximate surface area is 126 Å². The Balaban J connectivity index is 2.27. The van der Waals surface area contributed by atoms with E-state index in [0.717, 1.165) is 11.2 Å². The van der Waals surface area contributed by atoms with Gasteiger partial charge in [0.1, 0.15) is 0 Å². The van der Waals surface area contributed by atoms with Gasteiger partial charge in [-0.1, -0.05) is 17.7 Å². The van der Waals surface area contributed by atoms with Gasteiger partial charge in [0.25, 0.3) is 0 Å². The van der Waals surface area contributed by atoms with E-state index in [9.17, 15) is 0 Å². The molecule has 2 aromatic carbocycles. The van der Waals surface area contributed by atoms with Crippen molar-refractivity contribution >= 4 is 10.9 Å². The predicted octanol–water partition coefficient (Wildman–Crippen LogP) is 5.44. The van der Waals surface area contributed by atoms with Crippen LogP contribution in [0.25, 0.3) is 22.2 Å². The summed E-state index contributed by atoms with van der Waals surface area (Å²) in [5.41, 5.74) is 9.88. The highest BCUT2D eigenvalue weighted by Crippen LogP contribution is 2.30. The number of hydrogen-bond donors (Lipinski definition) is 0. The number of hydrogen-bond acceptors (Lipinski definition) is 1. The molecular weight excluding hydrogens is 254 g/mol. The summed E-state index contributed by atoms with van der Waals surface area (Å²) in [5.74, 6) is 0. The Kier molecular flexibility index (Phi) is 3.29. The molecule has 0 unspecified atom stereocenters. The number of nitrogens with zero attached hydrogens (tertiary/aromatic N) is 1. The van der Waals surface area contributed by atoms with Gasteiger partial charge < -0.3 is 0 Å². The zero-order valence-corrected chi connectivity index (χ0v) is 13.4. The van der Waals surface area contributed by atoms with Crippen LogP contribution in [-0.4, -0.2) is 4.98 Å². The molecule has 0 aliphatic heterocycles. The molecule has 1 heterocycles. The van der Waals surface area contributed by atoms with Crippen LogP contribution in [-0.2, 0) is 0 Å². The Morgan fingerprint density at radius 1 is 0.667 bits per heavy atom. The topological polar surface area (TPSA) is 12.9 Å². The Hall–Kier alpha value is -2.15. The molecule has 0 aliphatic carbocycles. The van der Waals surface area contributed by atoms with Crippen LogP contribution in [0.5, 0.6) is 0 Å². The summed E-state index contributed by atoms with van der Waals surface area (Å²) in [4.78, 5) is 4.92. The number of rotatable bonds is 1. The highest BCUT2D eigenvalue weighted by molar-refractivity contribution is 5.84. The molecule has 1 aromatic heterocycles. The molecule has 0 N–H and O–H groups in total. The van der Waals surface area contributed by atoms with Gasteiger partial charge in [-0.3, -0.25) is 0 Å².